The minimum Gasteiger partial charge on any atom is -0.476 e. The van der Waals surface area contributed by atoms with Gasteiger partial charge in [0.2, 0.25) is 0 Å². The lowest BCUT2D eigenvalue weighted by Crippen LogP contribution is -1.94. The maximum atomic E-state index is 10.5. The fourth-order valence-corrected chi connectivity index (χ4v) is 0.989. The lowest BCUT2D eigenvalue weighted by Gasteiger charge is -1.83. The van der Waals surface area contributed by atoms with Crippen LogP contribution in [0.4, 0.5) is 0 Å². The molecule has 0 atom stereocenters. The third-order valence-electron chi connectivity index (χ3n) is 1.61. The first-order valence-corrected chi connectivity index (χ1v) is 3.60. The number of nitrogens with one attached hydrogen (secondary N) is 1. The summed E-state index contributed by atoms with van der Waals surface area (Å²) in [5.41, 5.74) is 0.691. The molecule has 0 amide bonds. The van der Waals surface area contributed by atoms with Crippen molar-refractivity contribution in [2.75, 3.05) is 0 Å². The first-order chi connectivity index (χ1) is 6.27. The maximum absolute atomic E-state index is 10.5. The van der Waals surface area contributed by atoms with Gasteiger partial charge in [-0.3, -0.25) is 0 Å². The average Bonchev–Trinajstić information content (AvgIpc) is 2.75. The van der Waals surface area contributed by atoms with Crippen LogP contribution in [0.1, 0.15) is 10.5 Å². The van der Waals surface area contributed by atoms with E-state index >= 15 is 0 Å². The van der Waals surface area contributed by atoms with Gasteiger partial charge in [-0.2, -0.15) is 0 Å². The molecule has 2 aromatic rings. The predicted octanol–water partition coefficient (Wildman–Crippen LogP) is 1.37. The van der Waals surface area contributed by atoms with Crippen LogP contribution >= 0.6 is 0 Å². The molecule has 0 aliphatic carbocycles. The summed E-state index contributed by atoms with van der Waals surface area (Å²) in [7, 11) is 0. The molecule has 0 aliphatic rings. The van der Waals surface area contributed by atoms with Crippen molar-refractivity contribution in [3.8, 4) is 11.3 Å². The van der Waals surface area contributed by atoms with E-state index in [1.54, 1.807) is 18.5 Å². The number of carbonyl (C=O) groups is 1. The number of H-pyrrole nitrogens is 1. The van der Waals surface area contributed by atoms with Crippen LogP contribution in [-0.4, -0.2) is 21.2 Å². The Morgan fingerprint density at radius 2 is 2.46 bits per heavy atom. The minimum atomic E-state index is -1.09. The lowest BCUT2D eigenvalue weighted by molar-refractivity contribution is 0.0686. The van der Waals surface area contributed by atoms with Crippen molar-refractivity contribution in [1.82, 2.24) is 10.1 Å². The summed E-state index contributed by atoms with van der Waals surface area (Å²) >= 11 is 0. The van der Waals surface area contributed by atoms with E-state index in [4.69, 9.17) is 9.63 Å². The van der Waals surface area contributed by atoms with Crippen LogP contribution in [0.5, 0.6) is 0 Å². The monoisotopic (exact) mass is 178 g/mol. The molecule has 0 aliphatic heterocycles. The minimum absolute atomic E-state index is 0.0869. The van der Waals surface area contributed by atoms with E-state index in [0.717, 1.165) is 5.56 Å². The number of hydrogen-bond donors (Lipinski definition) is 2. The number of nitrogens with zero attached hydrogens (tertiary/aromatic N) is 1. The van der Waals surface area contributed by atoms with Gasteiger partial charge < -0.3 is 14.6 Å². The van der Waals surface area contributed by atoms with Gasteiger partial charge in [0.15, 0.2) is 11.5 Å². The zero-order valence-corrected chi connectivity index (χ0v) is 6.52. The normalized spacial score (nSPS) is 10.2. The van der Waals surface area contributed by atoms with Crippen molar-refractivity contribution in [1.29, 1.82) is 0 Å². The van der Waals surface area contributed by atoms with Crippen LogP contribution < -0.4 is 0 Å². The molecule has 0 saturated heterocycles. The fourth-order valence-electron chi connectivity index (χ4n) is 0.989. The smallest absolute Gasteiger partial charge is 0.358 e. The zero-order valence-electron chi connectivity index (χ0n) is 6.52. The fraction of sp³-hybridized carbons (Fsp3) is 0. The quantitative estimate of drug-likeness (QED) is 0.727. The zero-order chi connectivity index (χ0) is 9.26. The molecule has 0 unspecified atom stereocenters. The molecule has 66 valence electrons. The van der Waals surface area contributed by atoms with Crippen molar-refractivity contribution in [2.24, 2.45) is 0 Å². The molecule has 5 nitrogen and oxygen atoms in total. The van der Waals surface area contributed by atoms with Crippen molar-refractivity contribution < 1.29 is 14.4 Å². The average molecular weight is 178 g/mol. The Morgan fingerprint density at radius 1 is 1.62 bits per heavy atom. The molecule has 0 bridgehead atoms. The van der Waals surface area contributed by atoms with Crippen LogP contribution in [-0.2, 0) is 0 Å². The van der Waals surface area contributed by atoms with Gasteiger partial charge in [0, 0.05) is 24.0 Å². The highest BCUT2D eigenvalue weighted by molar-refractivity contribution is 5.86. The number of aromatic nitrogens is 2. The number of aromatic amines is 1. The van der Waals surface area contributed by atoms with Gasteiger partial charge in [0.25, 0.3) is 0 Å². The third-order valence-corrected chi connectivity index (χ3v) is 1.61. The molecule has 0 saturated carbocycles. The van der Waals surface area contributed by atoms with E-state index in [1.807, 2.05) is 0 Å². The van der Waals surface area contributed by atoms with Gasteiger partial charge in [0.05, 0.1) is 0 Å². The standard InChI is InChI=1S/C8H6N2O3/c11-8(12)6-3-7(13-10-6)5-1-2-9-4-5/h1-4,9H,(H,11,12). The summed E-state index contributed by atoms with van der Waals surface area (Å²) < 4.78 is 4.82. The second-order valence-corrected chi connectivity index (χ2v) is 2.48. The topological polar surface area (TPSA) is 79.1 Å². The Bertz CT molecular complexity index is 416. The van der Waals surface area contributed by atoms with Gasteiger partial charge in [0.1, 0.15) is 0 Å². The van der Waals surface area contributed by atoms with Crippen LogP contribution in [0.2, 0.25) is 0 Å². The van der Waals surface area contributed by atoms with Crippen LogP contribution in [0, 0.1) is 0 Å². The molecule has 0 fully saturated rings. The van der Waals surface area contributed by atoms with E-state index < -0.39 is 5.97 Å². The van der Waals surface area contributed by atoms with Crippen LogP contribution in [0.3, 0.4) is 0 Å². The number of carboxylic acid groups (broad SMARTS) is 1. The molecule has 2 aromatic heterocycles. The predicted molar refractivity (Wildman–Crippen MR) is 43.2 cm³/mol. The summed E-state index contributed by atoms with van der Waals surface area (Å²) in [4.78, 5) is 13.3. The molecule has 2 rings (SSSR count). The third kappa shape index (κ3) is 1.31. The Morgan fingerprint density at radius 3 is 3.00 bits per heavy atom. The van der Waals surface area contributed by atoms with E-state index in [9.17, 15) is 4.79 Å². The second kappa shape index (κ2) is 2.78. The Balaban J connectivity index is 2.39. The Kier molecular flexibility index (Phi) is 1.63. The van der Waals surface area contributed by atoms with Crippen LogP contribution in [0.25, 0.3) is 11.3 Å². The first-order valence-electron chi connectivity index (χ1n) is 3.60. The number of hydrogen-bond acceptors (Lipinski definition) is 3. The summed E-state index contributed by atoms with van der Waals surface area (Å²) in [6, 6.07) is 3.15. The SMILES string of the molecule is O=C(O)c1cc(-c2cc[nH]c2)on1. The van der Waals surface area contributed by atoms with E-state index in [-0.39, 0.29) is 5.69 Å². The molecule has 0 spiro atoms. The molecular formula is C8H6N2O3. The van der Waals surface area contributed by atoms with E-state index in [1.165, 1.54) is 6.07 Å². The van der Waals surface area contributed by atoms with Gasteiger partial charge in [-0.1, -0.05) is 5.16 Å². The van der Waals surface area contributed by atoms with Crippen LogP contribution in [0.15, 0.2) is 29.0 Å². The maximum Gasteiger partial charge on any atom is 0.358 e. The Hall–Kier alpha value is -2.04. The highest BCUT2D eigenvalue weighted by atomic mass is 16.5. The summed E-state index contributed by atoms with van der Waals surface area (Å²) in [5, 5.41) is 11.9. The van der Waals surface area contributed by atoms with Gasteiger partial charge in [-0.05, 0) is 6.07 Å². The van der Waals surface area contributed by atoms with Gasteiger partial charge in [-0.15, -0.1) is 0 Å². The number of aromatic carboxylic acids is 1. The molecule has 13 heavy (non-hydrogen) atoms. The molecule has 5 heteroatoms. The number of rotatable bonds is 2. The van der Waals surface area contributed by atoms with Crippen molar-refractivity contribution >= 4 is 5.97 Å². The van der Waals surface area contributed by atoms with Crippen molar-refractivity contribution in [2.45, 2.75) is 0 Å². The van der Waals surface area contributed by atoms with E-state index in [0.29, 0.717) is 5.76 Å². The second-order valence-electron chi connectivity index (χ2n) is 2.48. The van der Waals surface area contributed by atoms with Crippen molar-refractivity contribution in [3.05, 3.63) is 30.2 Å². The molecule has 0 radical (unpaired) electrons. The first kappa shape index (κ1) is 7.60. The molecule has 0 aromatic carbocycles. The molecule has 2 N–H and O–H groups in total. The highest BCUT2D eigenvalue weighted by Crippen LogP contribution is 2.18. The highest BCUT2D eigenvalue weighted by Gasteiger charge is 2.11. The van der Waals surface area contributed by atoms with Crippen molar-refractivity contribution in [3.63, 3.8) is 0 Å². The summed E-state index contributed by atoms with van der Waals surface area (Å²) in [6.07, 6.45) is 3.42. The lowest BCUT2D eigenvalue weighted by atomic mass is 10.2. The van der Waals surface area contributed by atoms with E-state index in [2.05, 4.69) is 10.1 Å². The Labute approximate surface area is 73.0 Å². The largest absolute Gasteiger partial charge is 0.476 e. The summed E-state index contributed by atoms with van der Waals surface area (Å²) in [6.45, 7) is 0. The molecular weight excluding hydrogens is 172 g/mol. The van der Waals surface area contributed by atoms with Gasteiger partial charge in [-0.25, -0.2) is 4.79 Å². The summed E-state index contributed by atoms with van der Waals surface area (Å²) in [5.74, 6) is -0.649. The number of carboxylic acids is 1. The molecule has 2 heterocycles. The van der Waals surface area contributed by atoms with Gasteiger partial charge >= 0.3 is 5.97 Å².